The Bertz CT molecular complexity index is 898. The van der Waals surface area contributed by atoms with Crippen molar-refractivity contribution in [2.45, 2.75) is 25.6 Å². The first-order valence-corrected chi connectivity index (χ1v) is 9.54. The molecular formula is C20H23F3N4O2. The van der Waals surface area contributed by atoms with Gasteiger partial charge in [-0.25, -0.2) is 4.79 Å². The van der Waals surface area contributed by atoms with Gasteiger partial charge in [0.1, 0.15) is 5.75 Å². The van der Waals surface area contributed by atoms with Gasteiger partial charge in [0, 0.05) is 37.8 Å². The largest absolute Gasteiger partial charge is 0.497 e. The molecule has 2 saturated heterocycles. The van der Waals surface area contributed by atoms with Crippen molar-refractivity contribution >= 4 is 6.03 Å². The number of benzene rings is 1. The maximum absolute atomic E-state index is 12.8. The third-order valence-corrected chi connectivity index (χ3v) is 5.87. The van der Waals surface area contributed by atoms with Crippen molar-refractivity contribution in [2.75, 3.05) is 33.3 Å². The number of ether oxygens (including phenoxy) is 1. The van der Waals surface area contributed by atoms with Crippen molar-refractivity contribution < 1.29 is 22.7 Å². The fraction of sp³-hybridized carbons (Fsp3) is 0.500. The number of carbonyl (C=O) groups excluding carboxylic acids is 1. The summed E-state index contributed by atoms with van der Waals surface area (Å²) >= 11 is 0. The number of carbonyl (C=O) groups is 1. The van der Waals surface area contributed by atoms with E-state index in [1.807, 2.05) is 18.2 Å². The molecule has 2 fully saturated rings. The van der Waals surface area contributed by atoms with Crippen LogP contribution in [0.15, 0.2) is 36.7 Å². The molecule has 0 aliphatic carbocycles. The third kappa shape index (κ3) is 4.10. The predicted molar refractivity (Wildman–Crippen MR) is 99.5 cm³/mol. The van der Waals surface area contributed by atoms with Crippen LogP contribution in [0.3, 0.4) is 0 Å². The number of alkyl halides is 3. The minimum absolute atomic E-state index is 0.00542. The molecule has 29 heavy (non-hydrogen) atoms. The molecule has 1 spiro atoms. The van der Waals surface area contributed by atoms with E-state index in [0.717, 1.165) is 49.1 Å². The average Bonchev–Trinajstić information content (AvgIpc) is 3.42. The lowest BCUT2D eigenvalue weighted by Gasteiger charge is -2.24. The van der Waals surface area contributed by atoms with E-state index in [0.29, 0.717) is 19.3 Å². The van der Waals surface area contributed by atoms with Crippen LogP contribution in [0.1, 0.15) is 24.0 Å². The van der Waals surface area contributed by atoms with Gasteiger partial charge in [0.15, 0.2) is 0 Å². The number of halogens is 3. The van der Waals surface area contributed by atoms with Crippen molar-refractivity contribution in [2.24, 2.45) is 5.41 Å². The van der Waals surface area contributed by atoms with Crippen LogP contribution in [0, 0.1) is 5.41 Å². The van der Waals surface area contributed by atoms with Crippen molar-refractivity contribution in [3.63, 3.8) is 0 Å². The lowest BCUT2D eigenvalue weighted by atomic mass is 9.86. The molecule has 3 heterocycles. The number of likely N-dealkylation sites (tertiary alicyclic amines) is 2. The third-order valence-electron chi connectivity index (χ3n) is 5.87. The van der Waals surface area contributed by atoms with Crippen LogP contribution < -0.4 is 4.74 Å². The van der Waals surface area contributed by atoms with E-state index in [9.17, 15) is 18.0 Å². The van der Waals surface area contributed by atoms with Crippen molar-refractivity contribution in [3.8, 4) is 5.75 Å². The van der Waals surface area contributed by atoms with Crippen molar-refractivity contribution in [1.82, 2.24) is 19.6 Å². The summed E-state index contributed by atoms with van der Waals surface area (Å²) in [4.78, 5) is 16.6. The highest BCUT2D eigenvalue weighted by atomic mass is 19.4. The van der Waals surface area contributed by atoms with Crippen LogP contribution in [0.4, 0.5) is 18.0 Å². The summed E-state index contributed by atoms with van der Waals surface area (Å²) in [5, 5.41) is 3.61. The monoisotopic (exact) mass is 408 g/mol. The fourth-order valence-electron chi connectivity index (χ4n) is 4.34. The van der Waals surface area contributed by atoms with E-state index >= 15 is 0 Å². The summed E-state index contributed by atoms with van der Waals surface area (Å²) in [5.41, 5.74) is 0.253. The Morgan fingerprint density at radius 3 is 2.76 bits per heavy atom. The van der Waals surface area contributed by atoms with Gasteiger partial charge in [-0.1, -0.05) is 12.1 Å². The Morgan fingerprint density at radius 2 is 2.03 bits per heavy atom. The zero-order valence-corrected chi connectivity index (χ0v) is 16.2. The molecule has 9 heteroatoms. The first-order chi connectivity index (χ1) is 13.8. The Labute approximate surface area is 166 Å². The molecule has 0 saturated carbocycles. The van der Waals surface area contributed by atoms with E-state index in [4.69, 9.17) is 4.74 Å². The molecule has 0 bridgehead atoms. The second-order valence-electron chi connectivity index (χ2n) is 7.94. The molecule has 2 aliphatic rings. The summed E-state index contributed by atoms with van der Waals surface area (Å²) in [6.45, 7) is 3.68. The zero-order chi connectivity index (χ0) is 20.6. The van der Waals surface area contributed by atoms with Crippen LogP contribution in [0.25, 0.3) is 0 Å². The number of hydrogen-bond donors (Lipinski definition) is 0. The van der Waals surface area contributed by atoms with Crippen LogP contribution in [-0.4, -0.2) is 58.9 Å². The van der Waals surface area contributed by atoms with E-state index in [2.05, 4.69) is 16.1 Å². The lowest BCUT2D eigenvalue weighted by molar-refractivity contribution is -0.137. The molecule has 6 nitrogen and oxygen atoms in total. The molecule has 0 N–H and O–H groups in total. The van der Waals surface area contributed by atoms with Gasteiger partial charge in [0.2, 0.25) is 0 Å². The average molecular weight is 408 g/mol. The standard InChI is InChI=1S/C20H23F3N4O2/c1-29-17-4-2-3-15(9-17)11-25-7-5-19(13-25)6-8-26(14-19)18(28)27-12-16(10-24-27)20(21,22)23/h2-4,9-10,12H,5-8,11,13-14H2,1H3. The lowest BCUT2D eigenvalue weighted by Crippen LogP contribution is -2.36. The summed E-state index contributed by atoms with van der Waals surface area (Å²) < 4.78 is 44.4. The Balaban J connectivity index is 1.38. The first-order valence-electron chi connectivity index (χ1n) is 9.54. The van der Waals surface area contributed by atoms with Gasteiger partial charge in [-0.3, -0.25) is 4.90 Å². The molecular weight excluding hydrogens is 385 g/mol. The Hall–Kier alpha value is -2.55. The second-order valence-corrected chi connectivity index (χ2v) is 7.94. The smallest absolute Gasteiger partial charge is 0.419 e. The Morgan fingerprint density at radius 1 is 1.24 bits per heavy atom. The van der Waals surface area contributed by atoms with Crippen LogP contribution in [0.2, 0.25) is 0 Å². The van der Waals surface area contributed by atoms with Gasteiger partial charge in [-0.05, 0) is 37.1 Å². The number of aromatic nitrogens is 2. The van der Waals surface area contributed by atoms with E-state index in [-0.39, 0.29) is 5.41 Å². The highest BCUT2D eigenvalue weighted by molar-refractivity contribution is 5.76. The normalized spacial score (nSPS) is 22.6. The zero-order valence-electron chi connectivity index (χ0n) is 16.2. The van der Waals surface area contributed by atoms with Crippen molar-refractivity contribution in [1.29, 1.82) is 0 Å². The summed E-state index contributed by atoms with van der Waals surface area (Å²) in [7, 11) is 1.64. The van der Waals surface area contributed by atoms with Gasteiger partial charge in [-0.15, -0.1) is 0 Å². The van der Waals surface area contributed by atoms with Gasteiger partial charge >= 0.3 is 12.2 Å². The van der Waals surface area contributed by atoms with E-state index < -0.39 is 17.8 Å². The maximum Gasteiger partial charge on any atom is 0.419 e. The number of amides is 1. The van der Waals surface area contributed by atoms with E-state index in [1.54, 1.807) is 12.0 Å². The molecule has 2 aromatic rings. The number of rotatable bonds is 3. The molecule has 1 aromatic carbocycles. The molecule has 1 atom stereocenters. The van der Waals surface area contributed by atoms with Crippen molar-refractivity contribution in [3.05, 3.63) is 47.8 Å². The summed E-state index contributed by atoms with van der Waals surface area (Å²) in [6.07, 6.45) is -1.24. The van der Waals surface area contributed by atoms with Gasteiger partial charge in [0.05, 0.1) is 18.9 Å². The molecule has 2 aliphatic heterocycles. The summed E-state index contributed by atoms with van der Waals surface area (Å²) in [5.74, 6) is 0.825. The number of methoxy groups -OCH3 is 1. The van der Waals surface area contributed by atoms with Crippen LogP contribution >= 0.6 is 0 Å². The molecule has 1 aromatic heterocycles. The number of nitrogens with zero attached hydrogens (tertiary/aromatic N) is 4. The number of hydrogen-bond acceptors (Lipinski definition) is 4. The van der Waals surface area contributed by atoms with E-state index in [1.165, 1.54) is 5.56 Å². The Kier molecular flexibility index (Phi) is 5.02. The van der Waals surface area contributed by atoms with Gasteiger partial charge < -0.3 is 9.64 Å². The molecule has 0 radical (unpaired) electrons. The quantitative estimate of drug-likeness (QED) is 0.781. The molecule has 1 unspecified atom stereocenters. The van der Waals surface area contributed by atoms with Gasteiger partial charge in [0.25, 0.3) is 0 Å². The maximum atomic E-state index is 12.8. The highest BCUT2D eigenvalue weighted by Crippen LogP contribution is 2.40. The predicted octanol–water partition coefficient (Wildman–Crippen LogP) is 3.48. The van der Waals surface area contributed by atoms with Crippen LogP contribution in [-0.2, 0) is 12.7 Å². The minimum Gasteiger partial charge on any atom is -0.497 e. The topological polar surface area (TPSA) is 50.6 Å². The SMILES string of the molecule is COc1cccc(CN2CCC3(CCN(C(=O)n4cc(C(F)(F)F)cn4)C3)C2)c1. The summed E-state index contributed by atoms with van der Waals surface area (Å²) in [6, 6.07) is 7.47. The molecule has 1 amide bonds. The minimum atomic E-state index is -4.50. The fourth-order valence-corrected chi connectivity index (χ4v) is 4.34. The molecule has 156 valence electrons. The molecule has 4 rings (SSSR count). The highest BCUT2D eigenvalue weighted by Gasteiger charge is 2.45. The van der Waals surface area contributed by atoms with Crippen LogP contribution in [0.5, 0.6) is 5.75 Å². The van der Waals surface area contributed by atoms with Gasteiger partial charge in [-0.2, -0.15) is 23.0 Å². The first kappa shape index (κ1) is 19.8. The second kappa shape index (κ2) is 7.37.